The van der Waals surface area contributed by atoms with E-state index in [0.717, 1.165) is 39.2 Å². The third-order valence-corrected chi connectivity index (χ3v) is 9.05. The number of fused-ring (bicyclic) bond motifs is 3. The first-order chi connectivity index (χ1) is 19.6. The number of rotatable bonds is 9. The Morgan fingerprint density at radius 3 is 2.49 bits per heavy atom. The molecule has 0 amide bonds. The number of imidazole rings is 1. The highest BCUT2D eigenvalue weighted by Crippen LogP contribution is 2.37. The van der Waals surface area contributed by atoms with Gasteiger partial charge in [-0.15, -0.1) is 0 Å². The molecule has 10 nitrogen and oxygen atoms in total. The van der Waals surface area contributed by atoms with Crippen LogP contribution in [0, 0.1) is 20.8 Å². The maximum Gasteiger partial charge on any atom is 0.330 e. The van der Waals surface area contributed by atoms with Crippen LogP contribution in [-0.2, 0) is 29.3 Å². The number of H-pyrrole nitrogens is 1. The van der Waals surface area contributed by atoms with E-state index >= 15 is 0 Å². The first-order valence-electron chi connectivity index (χ1n) is 13.7. The fraction of sp³-hybridized carbons (Fsp3) is 0.367. The summed E-state index contributed by atoms with van der Waals surface area (Å²) in [6.07, 6.45) is 3.51. The van der Waals surface area contributed by atoms with Crippen molar-refractivity contribution in [3.05, 3.63) is 81.1 Å². The van der Waals surface area contributed by atoms with E-state index in [0.29, 0.717) is 36.6 Å². The van der Waals surface area contributed by atoms with E-state index in [1.165, 1.54) is 12.5 Å². The summed E-state index contributed by atoms with van der Waals surface area (Å²) < 4.78 is 40.2. The molecule has 4 aromatic rings. The summed E-state index contributed by atoms with van der Waals surface area (Å²) in [5, 5.41) is 0.0671. The number of sulfone groups is 1. The van der Waals surface area contributed by atoms with Crippen molar-refractivity contribution >= 4 is 15.5 Å². The Labute approximate surface area is 239 Å². The van der Waals surface area contributed by atoms with E-state index < -0.39 is 9.84 Å². The number of hydrogen-bond donors (Lipinski definition) is 1. The molecule has 41 heavy (non-hydrogen) atoms. The van der Waals surface area contributed by atoms with Crippen LogP contribution in [0.25, 0.3) is 11.3 Å². The summed E-state index contributed by atoms with van der Waals surface area (Å²) in [5.74, 6) is 1.13. The van der Waals surface area contributed by atoms with E-state index in [1.807, 2.05) is 45.9 Å². The third-order valence-electron chi connectivity index (χ3n) is 7.33. The third kappa shape index (κ3) is 5.58. The number of methoxy groups -OCH3 is 1. The molecular weight excluding hydrogens is 542 g/mol. The fourth-order valence-corrected chi connectivity index (χ4v) is 6.66. The van der Waals surface area contributed by atoms with E-state index in [9.17, 15) is 13.2 Å². The molecule has 0 spiro atoms. The van der Waals surface area contributed by atoms with Crippen molar-refractivity contribution in [3.63, 3.8) is 0 Å². The van der Waals surface area contributed by atoms with Gasteiger partial charge in [0.2, 0.25) is 0 Å². The molecule has 0 radical (unpaired) electrons. The van der Waals surface area contributed by atoms with Crippen LogP contribution < -0.4 is 20.7 Å². The van der Waals surface area contributed by atoms with E-state index in [4.69, 9.17) is 14.5 Å². The summed E-state index contributed by atoms with van der Waals surface area (Å²) in [7, 11) is -1.96. The predicted octanol–water partition coefficient (Wildman–Crippen LogP) is 4.02. The highest BCUT2D eigenvalue weighted by atomic mass is 32.2. The van der Waals surface area contributed by atoms with Crippen molar-refractivity contribution < 1.29 is 17.9 Å². The lowest BCUT2D eigenvalue weighted by Gasteiger charge is -2.25. The number of hydrogen-bond acceptors (Lipinski definition) is 7. The van der Waals surface area contributed by atoms with E-state index in [1.54, 1.807) is 16.2 Å². The number of aromatic amines is 1. The van der Waals surface area contributed by atoms with Crippen molar-refractivity contribution in [2.24, 2.45) is 4.99 Å². The molecule has 0 unspecified atom stereocenters. The second-order valence-electron chi connectivity index (χ2n) is 10.3. The first-order valence-corrected chi connectivity index (χ1v) is 15.3. The van der Waals surface area contributed by atoms with E-state index in [2.05, 4.69) is 22.1 Å². The molecule has 0 fully saturated rings. The zero-order chi connectivity index (χ0) is 29.3. The monoisotopic (exact) mass is 577 g/mol. The molecular formula is C30H35N5O5S. The van der Waals surface area contributed by atoms with Crippen molar-refractivity contribution in [3.8, 4) is 22.8 Å². The average molecular weight is 578 g/mol. The summed E-state index contributed by atoms with van der Waals surface area (Å²) in [6.45, 7) is 9.15. The number of nitrogens with one attached hydrogen (secondary N) is 1. The molecule has 1 aliphatic heterocycles. The van der Waals surface area contributed by atoms with Crippen molar-refractivity contribution in [1.29, 1.82) is 0 Å². The lowest BCUT2D eigenvalue weighted by Crippen LogP contribution is -2.42. The summed E-state index contributed by atoms with van der Waals surface area (Å²) in [4.78, 5) is 25.5. The molecule has 1 aliphatic rings. The largest absolute Gasteiger partial charge is 0.493 e. The molecule has 0 aliphatic carbocycles. The van der Waals surface area contributed by atoms with Gasteiger partial charge in [-0.25, -0.2) is 23.2 Å². The minimum atomic E-state index is -3.56. The quantitative estimate of drug-likeness (QED) is 0.321. The standard InChI is InChI=1S/C30H35N5O5S/c1-6-40-26-14-22-8-10-34-24(23(22)15-25(26)39-5)16-27(33-29-20(3)12-19(2)13-21(29)4)35(30(34)36)9-7-11-41(37,38)28-17-31-18-32-28/h12-18H,6-11H2,1-5H3,(H,31,32). The summed E-state index contributed by atoms with van der Waals surface area (Å²) in [6, 6.07) is 9.94. The highest BCUT2D eigenvalue weighted by molar-refractivity contribution is 7.91. The Hall–Kier alpha value is -4.12. The smallest absolute Gasteiger partial charge is 0.330 e. The lowest BCUT2D eigenvalue weighted by molar-refractivity contribution is 0.310. The van der Waals surface area contributed by atoms with Gasteiger partial charge < -0.3 is 14.5 Å². The van der Waals surface area contributed by atoms with Crippen molar-refractivity contribution in [2.75, 3.05) is 19.5 Å². The zero-order valence-electron chi connectivity index (χ0n) is 24.0. The van der Waals surface area contributed by atoms with Gasteiger partial charge in [0.25, 0.3) is 0 Å². The Morgan fingerprint density at radius 1 is 1.07 bits per heavy atom. The highest BCUT2D eigenvalue weighted by Gasteiger charge is 2.23. The van der Waals surface area contributed by atoms with Crippen LogP contribution in [0.5, 0.6) is 11.5 Å². The maximum absolute atomic E-state index is 14.0. The first kappa shape index (κ1) is 28.4. The number of benzene rings is 2. The Bertz CT molecular complexity index is 1810. The zero-order valence-corrected chi connectivity index (χ0v) is 24.8. The number of ether oxygens (including phenoxy) is 2. The predicted molar refractivity (Wildman–Crippen MR) is 157 cm³/mol. The Kier molecular flexibility index (Phi) is 7.90. The van der Waals surface area contributed by atoms with Gasteiger partial charge >= 0.3 is 5.69 Å². The number of aryl methyl sites for hydroxylation is 4. The molecule has 216 valence electrons. The van der Waals surface area contributed by atoms with Crippen LogP contribution in [0.15, 0.2) is 57.7 Å². The van der Waals surface area contributed by atoms with Crippen LogP contribution in [0.3, 0.4) is 0 Å². The van der Waals surface area contributed by atoms with Crippen LogP contribution in [0.1, 0.15) is 35.6 Å². The molecule has 5 rings (SSSR count). The molecule has 0 saturated carbocycles. The van der Waals surface area contributed by atoms with Crippen molar-refractivity contribution in [2.45, 2.75) is 58.7 Å². The average Bonchev–Trinajstić information content (AvgIpc) is 3.48. The molecule has 2 aromatic carbocycles. The Balaban J connectivity index is 1.66. The van der Waals surface area contributed by atoms with Gasteiger partial charge in [0.05, 0.1) is 43.4 Å². The normalized spacial score (nSPS) is 13.1. The van der Waals surface area contributed by atoms with Gasteiger partial charge in [-0.3, -0.25) is 9.13 Å². The summed E-state index contributed by atoms with van der Waals surface area (Å²) >= 11 is 0. The van der Waals surface area contributed by atoms with Gasteiger partial charge in [-0.05, 0) is 69.4 Å². The molecule has 1 N–H and O–H groups in total. The molecule has 0 atom stereocenters. The van der Waals surface area contributed by atoms with Gasteiger partial charge in [0, 0.05) is 24.7 Å². The van der Waals surface area contributed by atoms with Gasteiger partial charge in [0.1, 0.15) is 5.49 Å². The topological polar surface area (TPSA) is 121 Å². The molecule has 2 aromatic heterocycles. The van der Waals surface area contributed by atoms with Crippen LogP contribution in [0.4, 0.5) is 5.69 Å². The second-order valence-corrected chi connectivity index (χ2v) is 12.3. The molecule has 0 bridgehead atoms. The SMILES string of the molecule is CCOc1cc2c(cc1OC)-c1cc(=Nc3c(C)cc(C)cc3C)n(CCCS(=O)(=O)c3cnc[nH]3)c(=O)n1CC2. The second kappa shape index (κ2) is 11.4. The van der Waals surface area contributed by atoms with Gasteiger partial charge in [0.15, 0.2) is 26.4 Å². The lowest BCUT2D eigenvalue weighted by atomic mass is 9.97. The van der Waals surface area contributed by atoms with Crippen LogP contribution in [-0.4, -0.2) is 47.0 Å². The minimum Gasteiger partial charge on any atom is -0.493 e. The number of aromatic nitrogens is 4. The van der Waals surface area contributed by atoms with E-state index in [-0.39, 0.29) is 29.4 Å². The molecule has 0 saturated heterocycles. The molecule has 11 heteroatoms. The maximum atomic E-state index is 14.0. The Morgan fingerprint density at radius 2 is 1.83 bits per heavy atom. The van der Waals surface area contributed by atoms with Gasteiger partial charge in [-0.1, -0.05) is 17.7 Å². The van der Waals surface area contributed by atoms with Gasteiger partial charge in [-0.2, -0.15) is 0 Å². The minimum absolute atomic E-state index is 0.0671. The van der Waals surface area contributed by atoms with Crippen LogP contribution in [0.2, 0.25) is 0 Å². The van der Waals surface area contributed by atoms with Crippen molar-refractivity contribution in [1.82, 2.24) is 19.1 Å². The fourth-order valence-electron chi connectivity index (χ4n) is 5.47. The van der Waals surface area contributed by atoms with Crippen LogP contribution >= 0.6 is 0 Å². The number of nitrogens with zero attached hydrogens (tertiary/aromatic N) is 4. The summed E-state index contributed by atoms with van der Waals surface area (Å²) in [5.41, 5.74) is 6.83. The molecule has 3 heterocycles.